The molecule has 4 amide bonds. The van der Waals surface area contributed by atoms with Gasteiger partial charge in [0.25, 0.3) is 0 Å². The van der Waals surface area contributed by atoms with Gasteiger partial charge in [-0.15, -0.1) is 11.3 Å². The van der Waals surface area contributed by atoms with Crippen molar-refractivity contribution in [3.63, 3.8) is 0 Å². The number of amides is 4. The van der Waals surface area contributed by atoms with Crippen molar-refractivity contribution in [2.45, 2.75) is 149 Å². The summed E-state index contributed by atoms with van der Waals surface area (Å²) in [6, 6.07) is 7.10. The Labute approximate surface area is 403 Å². The smallest absolute Gasteiger partial charge is 0.357 e. The summed E-state index contributed by atoms with van der Waals surface area (Å²) in [6.07, 6.45) is 3.80. The highest BCUT2D eigenvalue weighted by Gasteiger charge is 2.43. The van der Waals surface area contributed by atoms with Gasteiger partial charge in [-0.05, 0) is 75.9 Å². The summed E-state index contributed by atoms with van der Waals surface area (Å²) in [6.45, 7) is 15.1. The molecule has 2 fully saturated rings. The van der Waals surface area contributed by atoms with E-state index in [9.17, 15) is 24.0 Å². The molecule has 16 nitrogen and oxygen atoms in total. The predicted molar refractivity (Wildman–Crippen MR) is 258 cm³/mol. The molecule has 376 valence electrons. The number of nitrogens with one attached hydrogen (secondary N) is 2. The van der Waals surface area contributed by atoms with E-state index in [0.29, 0.717) is 31.0 Å². The summed E-state index contributed by atoms with van der Waals surface area (Å²) in [5.41, 5.74) is 1.12. The van der Waals surface area contributed by atoms with Crippen LogP contribution in [-0.4, -0.2) is 154 Å². The van der Waals surface area contributed by atoms with Gasteiger partial charge in [0.1, 0.15) is 17.7 Å². The van der Waals surface area contributed by atoms with Crippen molar-refractivity contribution in [2.24, 2.45) is 23.7 Å². The van der Waals surface area contributed by atoms with Crippen LogP contribution in [-0.2, 0) is 49.3 Å². The van der Waals surface area contributed by atoms with Gasteiger partial charge in [0, 0.05) is 39.8 Å². The number of carbonyl (C=O) groups excluding carboxylic acids is 5. The maximum absolute atomic E-state index is 14.5. The molecule has 2 aliphatic heterocycles. The number of likely N-dealkylation sites (tertiary alicyclic amines) is 1. The number of esters is 1. The van der Waals surface area contributed by atoms with Gasteiger partial charge in [0.05, 0.1) is 55.3 Å². The Morgan fingerprint density at radius 2 is 1.61 bits per heavy atom. The van der Waals surface area contributed by atoms with Crippen LogP contribution < -0.4 is 10.6 Å². The van der Waals surface area contributed by atoms with Gasteiger partial charge in [0.15, 0.2) is 12.0 Å². The molecule has 1 unspecified atom stereocenters. The molecule has 0 saturated carbocycles. The monoisotopic (exact) mass is 957 g/mol. The van der Waals surface area contributed by atoms with E-state index in [1.54, 1.807) is 43.4 Å². The van der Waals surface area contributed by atoms with Gasteiger partial charge < -0.3 is 44.1 Å². The summed E-state index contributed by atoms with van der Waals surface area (Å²) in [4.78, 5) is 79.7. The number of methoxy groups -OCH3 is 2. The van der Waals surface area contributed by atoms with Crippen molar-refractivity contribution < 1.29 is 47.7 Å². The van der Waals surface area contributed by atoms with E-state index in [4.69, 9.17) is 23.7 Å². The summed E-state index contributed by atoms with van der Waals surface area (Å²) in [5.74, 6) is -2.36. The number of nitrogens with zero attached hydrogens (tertiary/aromatic N) is 4. The fourth-order valence-electron chi connectivity index (χ4n) is 9.54. The zero-order valence-electron chi connectivity index (χ0n) is 42.2. The topological polar surface area (TPSA) is 178 Å². The lowest BCUT2D eigenvalue weighted by Crippen LogP contribution is -2.59. The van der Waals surface area contributed by atoms with Crippen molar-refractivity contribution >= 4 is 40.9 Å². The van der Waals surface area contributed by atoms with Crippen LogP contribution in [0, 0.1) is 23.7 Å². The molecule has 0 bridgehead atoms. The molecule has 0 spiro atoms. The van der Waals surface area contributed by atoms with Gasteiger partial charge in [-0.1, -0.05) is 85.2 Å². The van der Waals surface area contributed by atoms with E-state index < -0.39 is 54.3 Å². The average Bonchev–Trinajstić information content (AvgIpc) is 4.01. The third-order valence-electron chi connectivity index (χ3n) is 13.3. The van der Waals surface area contributed by atoms with Crippen LogP contribution >= 0.6 is 11.3 Å². The van der Waals surface area contributed by atoms with Crippen molar-refractivity contribution in [3.05, 3.63) is 52.0 Å². The number of hydrogen-bond acceptors (Lipinski definition) is 13. The molecule has 67 heavy (non-hydrogen) atoms. The number of thiazole rings is 1. The maximum Gasteiger partial charge on any atom is 0.357 e. The minimum absolute atomic E-state index is 0.00131. The molecular weight excluding hydrogens is 877 g/mol. The molecule has 0 radical (unpaired) electrons. The average molecular weight is 957 g/mol. The zero-order chi connectivity index (χ0) is 49.4. The second-order valence-electron chi connectivity index (χ2n) is 19.1. The largest absolute Gasteiger partial charge is 0.458 e. The Morgan fingerprint density at radius 1 is 0.896 bits per heavy atom. The van der Waals surface area contributed by atoms with Crippen LogP contribution in [0.3, 0.4) is 0 Å². The molecule has 2 saturated heterocycles. The first-order valence-corrected chi connectivity index (χ1v) is 25.1. The van der Waals surface area contributed by atoms with Gasteiger partial charge in [-0.3, -0.25) is 24.1 Å². The van der Waals surface area contributed by atoms with Gasteiger partial charge >= 0.3 is 5.97 Å². The van der Waals surface area contributed by atoms with Crippen molar-refractivity contribution in [1.82, 2.24) is 30.3 Å². The van der Waals surface area contributed by atoms with Crippen LogP contribution in [0.2, 0.25) is 0 Å². The summed E-state index contributed by atoms with van der Waals surface area (Å²) < 4.78 is 28.9. The number of ether oxygens (including phenoxy) is 5. The van der Waals surface area contributed by atoms with Crippen LogP contribution in [0.25, 0.3) is 0 Å². The van der Waals surface area contributed by atoms with Crippen LogP contribution in [0.1, 0.15) is 121 Å². The summed E-state index contributed by atoms with van der Waals surface area (Å²) in [5, 5.41) is 8.44. The molecule has 2 N–H and O–H groups in total. The second-order valence-corrected chi connectivity index (χ2v) is 20.0. The number of aromatic nitrogens is 1. The molecule has 17 heteroatoms. The third-order valence-corrected chi connectivity index (χ3v) is 14.3. The summed E-state index contributed by atoms with van der Waals surface area (Å²) in [7, 11) is 8.57. The van der Waals surface area contributed by atoms with E-state index in [2.05, 4.69) is 15.6 Å². The lowest BCUT2D eigenvalue weighted by molar-refractivity contribution is -0.166. The fourth-order valence-corrected chi connectivity index (χ4v) is 10.4. The molecule has 0 aliphatic carbocycles. The van der Waals surface area contributed by atoms with E-state index >= 15 is 0 Å². The SMILES string of the molecule is CC[C@H](C)[C@@H]([C@@H](CC(=O)N1CCC[C@H]1[C@H](OC)[C@@H](C)C(=O)N[C@@H](Cc1ccccc1)c1nc(C(=O)OCCOC2CCCCO2)cs1)OC)N(C)C(=O)[C@@H](NC(=O)[C@H](C(C)C)N(C)C)C(C)C. The molecule has 1 aromatic heterocycles. The van der Waals surface area contributed by atoms with Crippen LogP contribution in [0.5, 0.6) is 0 Å². The fraction of sp³-hybridized carbons (Fsp3) is 0.720. The van der Waals surface area contributed by atoms with Crippen LogP contribution in [0.4, 0.5) is 0 Å². The maximum atomic E-state index is 14.5. The number of likely N-dealkylation sites (N-methyl/N-ethyl adjacent to an activating group) is 2. The first-order chi connectivity index (χ1) is 31.9. The summed E-state index contributed by atoms with van der Waals surface area (Å²) >= 11 is 1.27. The van der Waals surface area contributed by atoms with Crippen molar-refractivity contribution in [2.75, 3.05) is 61.7 Å². The van der Waals surface area contributed by atoms with Gasteiger partial charge in [-0.2, -0.15) is 0 Å². The molecular formula is C50H80N6O10S. The normalized spacial score (nSPS) is 20.1. The molecule has 3 heterocycles. The quantitative estimate of drug-likeness (QED) is 0.0846. The van der Waals surface area contributed by atoms with Crippen LogP contribution in [0.15, 0.2) is 35.7 Å². The number of hydrogen-bond donors (Lipinski definition) is 2. The Balaban J connectivity index is 1.47. The Bertz CT molecular complexity index is 1850. The van der Waals surface area contributed by atoms with E-state index in [1.165, 1.54) is 11.3 Å². The van der Waals surface area contributed by atoms with Gasteiger partial charge in [-0.25, -0.2) is 9.78 Å². The molecule has 2 aromatic rings. The van der Waals surface area contributed by atoms with E-state index in [1.807, 2.05) is 90.9 Å². The van der Waals surface area contributed by atoms with Gasteiger partial charge in [0.2, 0.25) is 23.6 Å². The third kappa shape index (κ3) is 15.5. The minimum Gasteiger partial charge on any atom is -0.458 e. The second kappa shape index (κ2) is 27.3. The Kier molecular flexibility index (Phi) is 22.6. The highest BCUT2D eigenvalue weighted by molar-refractivity contribution is 7.09. The Morgan fingerprint density at radius 3 is 2.21 bits per heavy atom. The molecule has 10 atom stereocenters. The van der Waals surface area contributed by atoms with E-state index in [0.717, 1.165) is 37.7 Å². The predicted octanol–water partition coefficient (Wildman–Crippen LogP) is 5.89. The molecule has 1 aromatic carbocycles. The van der Waals surface area contributed by atoms with E-state index in [-0.39, 0.29) is 73.0 Å². The lowest BCUT2D eigenvalue weighted by atomic mass is 9.89. The van der Waals surface area contributed by atoms with Crippen molar-refractivity contribution in [1.29, 1.82) is 0 Å². The number of carbonyl (C=O) groups is 5. The molecule has 4 rings (SSSR count). The Hall–Kier alpha value is -4.00. The first-order valence-electron chi connectivity index (χ1n) is 24.2. The highest BCUT2D eigenvalue weighted by Crippen LogP contribution is 2.31. The molecule has 2 aliphatic rings. The zero-order valence-corrected chi connectivity index (χ0v) is 43.0. The first kappa shape index (κ1) is 55.6. The van der Waals surface area contributed by atoms with Crippen molar-refractivity contribution in [3.8, 4) is 0 Å². The lowest BCUT2D eigenvalue weighted by Gasteiger charge is -2.41. The number of benzene rings is 1. The highest BCUT2D eigenvalue weighted by atomic mass is 32.1. The number of rotatable bonds is 26. The minimum atomic E-state index is -0.782. The standard InChI is InChI=1S/C50H80N6O10S/c1-13-33(6)44(55(10)49(60)42(31(2)3)53-47(59)43(32(4)5)54(8)9)39(62-11)29-40(57)56-24-19-22-38(56)45(63-12)34(7)46(58)51-36(28-35-20-15-14-16-21-35)48-52-37(30-67-48)50(61)66-27-26-65-41-23-17-18-25-64-41/h14-16,20-21,30-34,36,38-39,41-45H,13,17-19,22-29H2,1-12H3,(H,51,58)(H,53,59)/t33-,34+,36-,38-,39+,41?,42-,43-,44-,45+/m0/s1.